The fourth-order valence-corrected chi connectivity index (χ4v) is 0.916. The number of aromatic nitrogens is 1. The Bertz CT molecular complexity index is 381. The number of pyridine rings is 1. The zero-order valence-electron chi connectivity index (χ0n) is 6.44. The average Bonchev–Trinajstić information content (AvgIpc) is 1.97. The number of nitrogens with zero attached hydrogens (tertiary/aromatic N) is 1. The van der Waals surface area contributed by atoms with Crippen LogP contribution in [0.1, 0.15) is 15.9 Å². The van der Waals surface area contributed by atoms with Crippen molar-refractivity contribution in [2.75, 3.05) is 0 Å². The van der Waals surface area contributed by atoms with Crippen molar-refractivity contribution in [3.05, 3.63) is 33.7 Å². The van der Waals surface area contributed by atoms with E-state index in [1.165, 1.54) is 6.07 Å². The molecule has 0 fully saturated rings. The van der Waals surface area contributed by atoms with Crippen LogP contribution in [0, 0.1) is 6.92 Å². The van der Waals surface area contributed by atoms with Crippen molar-refractivity contribution in [1.82, 2.24) is 4.73 Å². The summed E-state index contributed by atoms with van der Waals surface area (Å²) in [6, 6.07) is 1.43. The van der Waals surface area contributed by atoms with Gasteiger partial charge < -0.3 is 10.9 Å². The smallest absolute Gasteiger partial charge is 0.295 e. The van der Waals surface area contributed by atoms with Crippen LogP contribution in [0.15, 0.2) is 17.1 Å². The second-order valence-electron chi connectivity index (χ2n) is 2.39. The minimum atomic E-state index is -0.832. The van der Waals surface area contributed by atoms with Gasteiger partial charge in [0, 0.05) is 6.20 Å². The fourth-order valence-electron chi connectivity index (χ4n) is 0.916. The number of rotatable bonds is 1. The van der Waals surface area contributed by atoms with Crippen molar-refractivity contribution in [2.24, 2.45) is 5.73 Å². The van der Waals surface area contributed by atoms with Gasteiger partial charge in [-0.25, -0.2) is 0 Å². The first-order chi connectivity index (χ1) is 5.54. The molecule has 3 N–H and O–H groups in total. The van der Waals surface area contributed by atoms with Gasteiger partial charge in [0.15, 0.2) is 0 Å². The zero-order chi connectivity index (χ0) is 9.30. The van der Waals surface area contributed by atoms with Gasteiger partial charge in [-0.1, -0.05) is 0 Å². The molecule has 1 amide bonds. The highest BCUT2D eigenvalue weighted by atomic mass is 16.5. The molecule has 0 saturated heterocycles. The van der Waals surface area contributed by atoms with E-state index < -0.39 is 11.5 Å². The molecular formula is C7H8N2O3. The Morgan fingerprint density at radius 3 is 2.67 bits per heavy atom. The van der Waals surface area contributed by atoms with Gasteiger partial charge in [0.05, 0.1) is 0 Å². The number of amides is 1. The molecule has 0 radical (unpaired) electrons. The third-order valence-corrected chi connectivity index (χ3v) is 1.53. The molecule has 5 nitrogen and oxygen atoms in total. The third-order valence-electron chi connectivity index (χ3n) is 1.53. The first-order valence-corrected chi connectivity index (χ1v) is 3.25. The van der Waals surface area contributed by atoms with Gasteiger partial charge in [-0.3, -0.25) is 9.59 Å². The Morgan fingerprint density at radius 1 is 1.67 bits per heavy atom. The highest BCUT2D eigenvalue weighted by Gasteiger charge is 2.11. The Morgan fingerprint density at radius 2 is 2.25 bits per heavy atom. The molecular weight excluding hydrogens is 160 g/mol. The highest BCUT2D eigenvalue weighted by Crippen LogP contribution is 1.98. The largest absolute Gasteiger partial charge is 0.425 e. The molecule has 0 aromatic carbocycles. The molecule has 0 aliphatic rings. The van der Waals surface area contributed by atoms with Crippen LogP contribution in [0.5, 0.6) is 0 Å². The number of hydrogen-bond acceptors (Lipinski definition) is 3. The van der Waals surface area contributed by atoms with Gasteiger partial charge in [0.2, 0.25) is 0 Å². The van der Waals surface area contributed by atoms with Gasteiger partial charge in [0.1, 0.15) is 5.56 Å². The van der Waals surface area contributed by atoms with E-state index in [4.69, 9.17) is 10.9 Å². The summed E-state index contributed by atoms with van der Waals surface area (Å²) in [5.41, 5.74) is 4.41. The van der Waals surface area contributed by atoms with Crippen molar-refractivity contribution in [1.29, 1.82) is 0 Å². The Kier molecular flexibility index (Phi) is 1.86. The molecule has 0 saturated carbocycles. The summed E-state index contributed by atoms with van der Waals surface area (Å²) < 4.78 is 0.326. The Balaban J connectivity index is 3.55. The molecule has 0 spiro atoms. The maximum Gasteiger partial charge on any atom is 0.295 e. The van der Waals surface area contributed by atoms with Crippen LogP contribution in [-0.4, -0.2) is 15.8 Å². The third kappa shape index (κ3) is 1.16. The van der Waals surface area contributed by atoms with E-state index in [1.807, 2.05) is 0 Å². The average molecular weight is 168 g/mol. The summed E-state index contributed by atoms with van der Waals surface area (Å²) in [5.74, 6) is -0.832. The van der Waals surface area contributed by atoms with Crippen LogP contribution in [0.3, 0.4) is 0 Å². The maximum atomic E-state index is 11.0. The molecule has 1 aromatic rings. The quantitative estimate of drug-likeness (QED) is 0.554. The summed E-state index contributed by atoms with van der Waals surface area (Å²) in [6.07, 6.45) is 1.16. The van der Waals surface area contributed by atoms with Crippen molar-refractivity contribution < 1.29 is 10.0 Å². The van der Waals surface area contributed by atoms with Crippen molar-refractivity contribution >= 4 is 5.91 Å². The normalized spacial score (nSPS) is 9.75. The summed E-state index contributed by atoms with van der Waals surface area (Å²) in [7, 11) is 0. The number of primary amides is 1. The molecule has 1 heterocycles. The predicted octanol–water partition coefficient (Wildman–Crippen LogP) is -0.507. The van der Waals surface area contributed by atoms with E-state index in [0.29, 0.717) is 10.3 Å². The van der Waals surface area contributed by atoms with Gasteiger partial charge >= 0.3 is 0 Å². The van der Waals surface area contributed by atoms with E-state index in [1.54, 1.807) is 6.92 Å². The lowest BCUT2D eigenvalue weighted by atomic mass is 10.1. The summed E-state index contributed by atoms with van der Waals surface area (Å²) in [6.45, 7) is 1.57. The number of carbonyl (C=O) groups is 1. The lowest BCUT2D eigenvalue weighted by molar-refractivity contribution is 0.0990. The molecule has 12 heavy (non-hydrogen) atoms. The van der Waals surface area contributed by atoms with Crippen LogP contribution in [-0.2, 0) is 0 Å². The summed E-state index contributed by atoms with van der Waals surface area (Å²) >= 11 is 0. The minimum Gasteiger partial charge on any atom is -0.425 e. The van der Waals surface area contributed by atoms with Crippen molar-refractivity contribution in [3.8, 4) is 0 Å². The molecule has 1 aromatic heterocycles. The van der Waals surface area contributed by atoms with Crippen molar-refractivity contribution in [3.63, 3.8) is 0 Å². The van der Waals surface area contributed by atoms with E-state index in [9.17, 15) is 9.59 Å². The molecule has 0 aliphatic carbocycles. The monoisotopic (exact) mass is 168 g/mol. The van der Waals surface area contributed by atoms with Gasteiger partial charge in [0.25, 0.3) is 11.5 Å². The van der Waals surface area contributed by atoms with Gasteiger partial charge in [-0.2, -0.15) is 4.73 Å². The lowest BCUT2D eigenvalue weighted by Gasteiger charge is -2.01. The molecule has 1 rings (SSSR count). The van der Waals surface area contributed by atoms with E-state index in [2.05, 4.69) is 0 Å². The lowest BCUT2D eigenvalue weighted by Crippen LogP contribution is -2.29. The van der Waals surface area contributed by atoms with Crippen LogP contribution in [0.4, 0.5) is 0 Å². The number of hydrogen-bond donors (Lipinski definition) is 2. The first-order valence-electron chi connectivity index (χ1n) is 3.25. The van der Waals surface area contributed by atoms with Crippen LogP contribution < -0.4 is 11.3 Å². The first kappa shape index (κ1) is 8.32. The number of nitrogens with two attached hydrogens (primary N) is 1. The SMILES string of the molecule is Cc1ccn(O)c(=O)c1C(N)=O. The predicted molar refractivity (Wildman–Crippen MR) is 41.1 cm³/mol. The zero-order valence-corrected chi connectivity index (χ0v) is 6.44. The van der Waals surface area contributed by atoms with E-state index in [-0.39, 0.29) is 5.56 Å². The Labute approximate surface area is 68.0 Å². The van der Waals surface area contributed by atoms with Crippen molar-refractivity contribution in [2.45, 2.75) is 6.92 Å². The standard InChI is InChI=1S/C7H8N2O3/c1-4-2-3-9(12)7(11)5(4)6(8)10/h2-3,12H,1H3,(H2,8,10). The van der Waals surface area contributed by atoms with Gasteiger partial charge in [-0.15, -0.1) is 0 Å². The molecule has 5 heteroatoms. The maximum absolute atomic E-state index is 11.0. The topological polar surface area (TPSA) is 85.3 Å². The molecule has 64 valence electrons. The molecule has 0 bridgehead atoms. The highest BCUT2D eigenvalue weighted by molar-refractivity contribution is 5.93. The van der Waals surface area contributed by atoms with Gasteiger partial charge in [-0.05, 0) is 18.6 Å². The summed E-state index contributed by atoms with van der Waals surface area (Å²) in [5, 5.41) is 8.87. The van der Waals surface area contributed by atoms with Crippen LogP contribution in [0.25, 0.3) is 0 Å². The number of aryl methyl sites for hydroxylation is 1. The van der Waals surface area contributed by atoms with Crippen LogP contribution >= 0.6 is 0 Å². The summed E-state index contributed by atoms with van der Waals surface area (Å²) in [4.78, 5) is 21.7. The van der Waals surface area contributed by atoms with E-state index in [0.717, 1.165) is 6.20 Å². The van der Waals surface area contributed by atoms with Crippen LogP contribution in [0.2, 0.25) is 0 Å². The minimum absolute atomic E-state index is 0.181. The molecule has 0 unspecified atom stereocenters. The number of carbonyl (C=O) groups excluding carboxylic acids is 1. The molecule has 0 aliphatic heterocycles. The second-order valence-corrected chi connectivity index (χ2v) is 2.39. The Hall–Kier alpha value is -1.78. The van der Waals surface area contributed by atoms with E-state index >= 15 is 0 Å². The fraction of sp³-hybridized carbons (Fsp3) is 0.143. The second kappa shape index (κ2) is 2.69. The molecule has 0 atom stereocenters.